The number of hydrogen-bond donors (Lipinski definition) is 2. The molecule has 0 saturated carbocycles. The number of hydrogen-bond acceptors (Lipinski definition) is 3. The van der Waals surface area contributed by atoms with Gasteiger partial charge in [-0.2, -0.15) is 0 Å². The van der Waals surface area contributed by atoms with Crippen molar-refractivity contribution in [3.05, 3.63) is 113 Å². The molecule has 35 heavy (non-hydrogen) atoms. The number of carboxylic acids is 1. The molecule has 0 saturated heterocycles. The Hall–Kier alpha value is -3.41. The molecule has 0 spiro atoms. The fraction of sp³-hybridized carbons (Fsp3) is 0.207. The smallest absolute Gasteiger partial charge is 0.335 e. The van der Waals surface area contributed by atoms with Gasteiger partial charge >= 0.3 is 5.97 Å². The van der Waals surface area contributed by atoms with Gasteiger partial charge < -0.3 is 15.2 Å². The molecule has 4 nitrogen and oxygen atoms in total. The quantitative estimate of drug-likeness (QED) is 0.314. The molecule has 4 aromatic rings. The van der Waals surface area contributed by atoms with E-state index in [-0.39, 0.29) is 36.0 Å². The highest BCUT2D eigenvalue weighted by molar-refractivity contribution is 5.88. The lowest BCUT2D eigenvalue weighted by Gasteiger charge is -2.33. The zero-order valence-electron chi connectivity index (χ0n) is 19.3. The van der Waals surface area contributed by atoms with Gasteiger partial charge in [-0.15, -0.1) is 12.4 Å². The summed E-state index contributed by atoms with van der Waals surface area (Å²) in [5.74, 6) is -1.08. The largest absolute Gasteiger partial charge is 0.489 e. The van der Waals surface area contributed by atoms with Crippen LogP contribution < -0.4 is 10.1 Å². The lowest BCUT2D eigenvalue weighted by atomic mass is 9.83. The second-order valence-electron chi connectivity index (χ2n) is 8.84. The van der Waals surface area contributed by atoms with E-state index in [4.69, 9.17) is 4.74 Å². The number of ether oxygens (including phenoxy) is 1. The van der Waals surface area contributed by atoms with Gasteiger partial charge in [0.2, 0.25) is 0 Å². The van der Waals surface area contributed by atoms with E-state index in [0.29, 0.717) is 18.5 Å². The number of para-hydroxylation sites is 1. The Morgan fingerprint density at radius 1 is 1.06 bits per heavy atom. The Kier molecular flexibility index (Phi) is 7.39. The summed E-state index contributed by atoms with van der Waals surface area (Å²) in [6, 6.07) is 26.6. The molecule has 3 atom stereocenters. The minimum absolute atomic E-state index is 0. The number of carboxylic acid groups (broad SMARTS) is 1. The molecule has 0 unspecified atom stereocenters. The van der Waals surface area contributed by atoms with Crippen molar-refractivity contribution < 1.29 is 19.0 Å². The van der Waals surface area contributed by atoms with E-state index in [1.165, 1.54) is 22.4 Å². The molecule has 0 bridgehead atoms. The molecule has 2 N–H and O–H groups in total. The summed E-state index contributed by atoms with van der Waals surface area (Å²) in [5.41, 5.74) is 2.78. The number of nitrogens with one attached hydrogen (secondary N) is 1. The van der Waals surface area contributed by atoms with Crippen molar-refractivity contribution in [2.75, 3.05) is 6.54 Å². The normalized spacial score (nSPS) is 17.7. The highest BCUT2D eigenvalue weighted by Crippen LogP contribution is 2.40. The van der Waals surface area contributed by atoms with Crippen LogP contribution in [0.25, 0.3) is 10.8 Å². The van der Waals surface area contributed by atoms with E-state index < -0.39 is 11.8 Å². The van der Waals surface area contributed by atoms with E-state index in [2.05, 4.69) is 48.6 Å². The Labute approximate surface area is 210 Å². The number of benzene rings is 4. The van der Waals surface area contributed by atoms with Crippen LogP contribution in [0, 0.1) is 5.82 Å². The highest BCUT2D eigenvalue weighted by atomic mass is 35.5. The van der Waals surface area contributed by atoms with Gasteiger partial charge in [-0.05, 0) is 59.5 Å². The Bertz CT molecular complexity index is 1350. The van der Waals surface area contributed by atoms with Crippen LogP contribution >= 0.6 is 12.4 Å². The number of rotatable bonds is 6. The Morgan fingerprint density at radius 2 is 1.80 bits per heavy atom. The Balaban J connectivity index is 0.00000289. The zero-order valence-corrected chi connectivity index (χ0v) is 20.1. The first-order valence-electron chi connectivity index (χ1n) is 11.5. The molecule has 0 fully saturated rings. The van der Waals surface area contributed by atoms with Crippen molar-refractivity contribution in [3.8, 4) is 5.75 Å². The zero-order chi connectivity index (χ0) is 23.7. The first-order chi connectivity index (χ1) is 16.5. The maximum atomic E-state index is 14.3. The van der Waals surface area contributed by atoms with Gasteiger partial charge in [0.1, 0.15) is 17.7 Å². The van der Waals surface area contributed by atoms with Crippen LogP contribution in [0.2, 0.25) is 0 Å². The predicted molar refractivity (Wildman–Crippen MR) is 138 cm³/mol. The van der Waals surface area contributed by atoms with Gasteiger partial charge in [-0.3, -0.25) is 0 Å². The molecule has 180 valence electrons. The summed E-state index contributed by atoms with van der Waals surface area (Å²) < 4.78 is 20.6. The summed E-state index contributed by atoms with van der Waals surface area (Å²) >= 11 is 0. The van der Waals surface area contributed by atoms with Gasteiger partial charge in [-0.1, -0.05) is 60.7 Å². The number of halogens is 2. The van der Waals surface area contributed by atoms with E-state index in [0.717, 1.165) is 17.4 Å². The van der Waals surface area contributed by atoms with Crippen LogP contribution in [0.3, 0.4) is 0 Å². The summed E-state index contributed by atoms with van der Waals surface area (Å²) in [6.45, 7) is 2.75. The van der Waals surface area contributed by atoms with Gasteiger partial charge in [0.15, 0.2) is 0 Å². The average molecular weight is 492 g/mol. The average Bonchev–Trinajstić information content (AvgIpc) is 2.86. The monoisotopic (exact) mass is 491 g/mol. The van der Waals surface area contributed by atoms with Crippen LogP contribution in [0.15, 0.2) is 84.9 Å². The lowest BCUT2D eigenvalue weighted by Crippen LogP contribution is -2.37. The van der Waals surface area contributed by atoms with E-state index in [1.807, 2.05) is 30.3 Å². The molecule has 0 amide bonds. The lowest BCUT2D eigenvalue weighted by molar-refractivity contribution is 0.0696. The maximum Gasteiger partial charge on any atom is 0.335 e. The second-order valence-corrected chi connectivity index (χ2v) is 8.84. The van der Waals surface area contributed by atoms with Gasteiger partial charge in [0.25, 0.3) is 0 Å². The summed E-state index contributed by atoms with van der Waals surface area (Å²) in [4.78, 5) is 11.5. The van der Waals surface area contributed by atoms with Crippen LogP contribution in [0.4, 0.5) is 4.39 Å². The molecule has 0 aliphatic carbocycles. The topological polar surface area (TPSA) is 58.6 Å². The molecular formula is C29H27ClFNO3. The third-order valence-corrected chi connectivity index (χ3v) is 6.60. The van der Waals surface area contributed by atoms with Crippen molar-refractivity contribution >= 4 is 29.1 Å². The van der Waals surface area contributed by atoms with E-state index in [9.17, 15) is 14.3 Å². The third-order valence-electron chi connectivity index (χ3n) is 6.60. The molecule has 5 rings (SSSR count). The van der Waals surface area contributed by atoms with Gasteiger partial charge in [0.05, 0.1) is 5.56 Å². The fourth-order valence-corrected chi connectivity index (χ4v) is 4.92. The first kappa shape index (κ1) is 24.7. The summed E-state index contributed by atoms with van der Waals surface area (Å²) in [6.07, 6.45) is 0.475. The van der Waals surface area contributed by atoms with Crippen molar-refractivity contribution in [1.82, 2.24) is 5.32 Å². The first-order valence-corrected chi connectivity index (χ1v) is 11.5. The van der Waals surface area contributed by atoms with Crippen molar-refractivity contribution in [2.45, 2.75) is 31.4 Å². The SMILES string of the molecule is C[C@@H](NC[C@H]1C[C@@H](c2cc(F)cc(C(=O)O)c2)c2ccccc2O1)c1cccc2ccccc12.Cl. The number of carbonyl (C=O) groups is 1. The van der Waals surface area contributed by atoms with Gasteiger partial charge in [-0.25, -0.2) is 9.18 Å². The minimum atomic E-state index is -1.14. The second kappa shape index (κ2) is 10.5. The van der Waals surface area contributed by atoms with Crippen LogP contribution in [0.5, 0.6) is 5.75 Å². The molecule has 1 aliphatic rings. The van der Waals surface area contributed by atoms with E-state index >= 15 is 0 Å². The molecule has 1 heterocycles. The van der Waals surface area contributed by atoms with E-state index in [1.54, 1.807) is 6.07 Å². The molecule has 0 radical (unpaired) electrons. The van der Waals surface area contributed by atoms with Gasteiger partial charge in [0, 0.05) is 24.1 Å². The van der Waals surface area contributed by atoms with Crippen LogP contribution in [-0.4, -0.2) is 23.7 Å². The summed E-state index contributed by atoms with van der Waals surface area (Å²) in [7, 11) is 0. The molecular weight excluding hydrogens is 465 g/mol. The maximum absolute atomic E-state index is 14.3. The molecule has 6 heteroatoms. The summed E-state index contributed by atoms with van der Waals surface area (Å²) in [5, 5.41) is 15.4. The minimum Gasteiger partial charge on any atom is -0.489 e. The highest BCUT2D eigenvalue weighted by Gasteiger charge is 2.30. The molecule has 4 aromatic carbocycles. The van der Waals surface area contributed by atoms with Crippen LogP contribution in [-0.2, 0) is 0 Å². The van der Waals surface area contributed by atoms with Crippen molar-refractivity contribution in [1.29, 1.82) is 0 Å². The number of aromatic carboxylic acids is 1. The fourth-order valence-electron chi connectivity index (χ4n) is 4.92. The third kappa shape index (κ3) is 5.16. The molecule has 0 aromatic heterocycles. The van der Waals surface area contributed by atoms with Crippen LogP contribution in [0.1, 0.15) is 52.4 Å². The number of fused-ring (bicyclic) bond motifs is 2. The Morgan fingerprint density at radius 3 is 2.63 bits per heavy atom. The van der Waals surface area contributed by atoms with Crippen molar-refractivity contribution in [2.24, 2.45) is 0 Å². The van der Waals surface area contributed by atoms with Crippen molar-refractivity contribution in [3.63, 3.8) is 0 Å². The molecule has 1 aliphatic heterocycles. The predicted octanol–water partition coefficient (Wildman–Crippen LogP) is 6.73. The standard InChI is InChI=1S/C29H26FNO3.ClH/c1-18(24-11-6-8-19-7-2-3-9-25(19)24)31-17-23-16-27(26-10-4-5-12-28(26)34-23)20-13-21(29(32)33)15-22(30)14-20;/h2-15,18,23,27,31H,16-17H2,1H3,(H,32,33);1H/t18-,23-,27+;/m1./s1.